The maximum absolute atomic E-state index is 11.8. The molecule has 0 unspecified atom stereocenters. The van der Waals surface area contributed by atoms with Crippen LogP contribution < -0.4 is 0 Å². The summed E-state index contributed by atoms with van der Waals surface area (Å²) >= 11 is 11.7. The summed E-state index contributed by atoms with van der Waals surface area (Å²) in [5.74, 6) is -0.127. The van der Waals surface area contributed by atoms with Crippen molar-refractivity contribution >= 4 is 33.0 Å². The van der Waals surface area contributed by atoms with Crippen molar-refractivity contribution in [2.75, 3.05) is 5.75 Å². The number of hydrogen-bond donors (Lipinski definition) is 1. The van der Waals surface area contributed by atoms with Gasteiger partial charge >= 0.3 is 0 Å². The predicted octanol–water partition coefficient (Wildman–Crippen LogP) is 2.76. The molecule has 0 bridgehead atoms. The van der Waals surface area contributed by atoms with E-state index in [2.05, 4.69) is 0 Å². The molecule has 0 saturated heterocycles. The van der Waals surface area contributed by atoms with Gasteiger partial charge in [-0.2, -0.15) is 0 Å². The standard InChI is InChI=1S/C11H14Cl2O3S/c1-3-17(15,16)11(2,13)10(14)8-4-6-9(12)7-5-8/h4-7,10,14H,3H2,1-2H3/t10-,11-/m0/s1. The molecule has 0 spiro atoms. The average Bonchev–Trinajstić information content (AvgIpc) is 2.28. The third kappa shape index (κ3) is 2.94. The highest BCUT2D eigenvalue weighted by Crippen LogP contribution is 2.37. The molecule has 0 saturated carbocycles. The van der Waals surface area contributed by atoms with E-state index in [9.17, 15) is 13.5 Å². The van der Waals surface area contributed by atoms with Gasteiger partial charge in [0.15, 0.2) is 14.0 Å². The molecule has 96 valence electrons. The first kappa shape index (κ1) is 14.8. The monoisotopic (exact) mass is 296 g/mol. The minimum atomic E-state index is -3.57. The Morgan fingerprint density at radius 2 is 1.82 bits per heavy atom. The summed E-state index contributed by atoms with van der Waals surface area (Å²) < 4.78 is 21.8. The van der Waals surface area contributed by atoms with Gasteiger partial charge in [0.05, 0.1) is 0 Å². The molecule has 0 heterocycles. The molecule has 0 amide bonds. The largest absolute Gasteiger partial charge is 0.385 e. The summed E-state index contributed by atoms with van der Waals surface area (Å²) in [5.41, 5.74) is 0.420. The number of aliphatic hydroxyl groups is 1. The van der Waals surface area contributed by atoms with Crippen LogP contribution in [0.25, 0.3) is 0 Å². The third-order valence-electron chi connectivity index (χ3n) is 2.66. The first-order valence-electron chi connectivity index (χ1n) is 5.07. The van der Waals surface area contributed by atoms with Crippen LogP contribution >= 0.6 is 23.2 Å². The van der Waals surface area contributed by atoms with Crippen LogP contribution in [0.1, 0.15) is 25.5 Å². The summed E-state index contributed by atoms with van der Waals surface area (Å²) in [7, 11) is -3.57. The van der Waals surface area contributed by atoms with Gasteiger partial charge in [-0.25, -0.2) is 8.42 Å². The molecule has 6 heteroatoms. The lowest BCUT2D eigenvalue weighted by Gasteiger charge is -2.27. The Kier molecular flexibility index (Phi) is 4.47. The van der Waals surface area contributed by atoms with Crippen molar-refractivity contribution in [2.24, 2.45) is 0 Å². The van der Waals surface area contributed by atoms with Crippen LogP contribution in [-0.2, 0) is 9.84 Å². The van der Waals surface area contributed by atoms with Crippen molar-refractivity contribution in [2.45, 2.75) is 24.2 Å². The molecule has 1 aromatic carbocycles. The fourth-order valence-corrected chi connectivity index (χ4v) is 3.02. The molecule has 1 aromatic rings. The highest BCUT2D eigenvalue weighted by Gasteiger charge is 2.43. The zero-order valence-electron chi connectivity index (χ0n) is 9.52. The number of aliphatic hydroxyl groups excluding tert-OH is 1. The Bertz CT molecular complexity index is 480. The molecular formula is C11H14Cl2O3S. The lowest BCUT2D eigenvalue weighted by molar-refractivity contribution is 0.162. The van der Waals surface area contributed by atoms with Gasteiger partial charge in [-0.3, -0.25) is 0 Å². The number of rotatable bonds is 4. The molecule has 0 aromatic heterocycles. The molecule has 2 atom stereocenters. The van der Waals surface area contributed by atoms with Gasteiger partial charge in [0.25, 0.3) is 0 Å². The van der Waals surface area contributed by atoms with Crippen molar-refractivity contribution in [3.8, 4) is 0 Å². The Labute approximate surface area is 111 Å². The summed E-state index contributed by atoms with van der Waals surface area (Å²) in [5, 5.41) is 10.6. The van der Waals surface area contributed by atoms with Gasteiger partial charge in [-0.15, -0.1) is 0 Å². The van der Waals surface area contributed by atoms with Crippen LogP contribution in [0.3, 0.4) is 0 Å². The number of halogens is 2. The molecule has 3 nitrogen and oxygen atoms in total. The number of sulfone groups is 1. The molecule has 0 aliphatic rings. The van der Waals surface area contributed by atoms with E-state index in [0.717, 1.165) is 0 Å². The van der Waals surface area contributed by atoms with Gasteiger partial charge in [-0.1, -0.05) is 42.3 Å². The lowest BCUT2D eigenvalue weighted by Crippen LogP contribution is -2.37. The normalized spacial score (nSPS) is 17.5. The first-order chi connectivity index (χ1) is 7.72. The Balaban J connectivity index is 3.12. The molecule has 0 radical (unpaired) electrons. The maximum Gasteiger partial charge on any atom is 0.172 e. The lowest BCUT2D eigenvalue weighted by atomic mass is 10.1. The average molecular weight is 297 g/mol. The van der Waals surface area contributed by atoms with Gasteiger partial charge in [0.1, 0.15) is 6.10 Å². The third-order valence-corrected chi connectivity index (χ3v) is 6.03. The topological polar surface area (TPSA) is 54.4 Å². The Hall–Kier alpha value is -0.290. The summed E-state index contributed by atoms with van der Waals surface area (Å²) in [6.45, 7) is 2.79. The van der Waals surface area contributed by atoms with E-state index in [0.29, 0.717) is 10.6 Å². The van der Waals surface area contributed by atoms with Gasteiger partial charge in [-0.05, 0) is 24.6 Å². The summed E-state index contributed by atoms with van der Waals surface area (Å²) in [6, 6.07) is 6.26. The van der Waals surface area contributed by atoms with Crippen molar-refractivity contribution in [3.63, 3.8) is 0 Å². The zero-order valence-corrected chi connectivity index (χ0v) is 11.9. The second kappa shape index (κ2) is 5.14. The van der Waals surface area contributed by atoms with E-state index in [4.69, 9.17) is 23.2 Å². The van der Waals surface area contributed by atoms with Gasteiger partial charge in [0.2, 0.25) is 0 Å². The van der Waals surface area contributed by atoms with E-state index in [1.165, 1.54) is 13.8 Å². The van der Waals surface area contributed by atoms with Crippen molar-refractivity contribution < 1.29 is 13.5 Å². The van der Waals surface area contributed by atoms with E-state index < -0.39 is 20.1 Å². The van der Waals surface area contributed by atoms with E-state index in [1.807, 2.05) is 0 Å². The number of hydrogen-bond acceptors (Lipinski definition) is 3. The van der Waals surface area contributed by atoms with Crippen LogP contribution in [0.5, 0.6) is 0 Å². The maximum atomic E-state index is 11.8. The quantitative estimate of drug-likeness (QED) is 0.869. The molecular weight excluding hydrogens is 283 g/mol. The smallest absolute Gasteiger partial charge is 0.172 e. The Morgan fingerprint density at radius 3 is 2.24 bits per heavy atom. The highest BCUT2D eigenvalue weighted by atomic mass is 35.5. The highest BCUT2D eigenvalue weighted by molar-refractivity contribution is 7.94. The van der Waals surface area contributed by atoms with Crippen LogP contribution in [-0.4, -0.2) is 23.5 Å². The molecule has 1 N–H and O–H groups in total. The predicted molar refractivity (Wildman–Crippen MR) is 70.1 cm³/mol. The van der Waals surface area contributed by atoms with Crippen LogP contribution in [0, 0.1) is 0 Å². The minimum Gasteiger partial charge on any atom is -0.385 e. The van der Waals surface area contributed by atoms with Gasteiger partial charge in [0, 0.05) is 10.8 Å². The second-order valence-corrected chi connectivity index (χ2v) is 7.94. The first-order valence-corrected chi connectivity index (χ1v) is 7.48. The van der Waals surface area contributed by atoms with E-state index >= 15 is 0 Å². The number of benzene rings is 1. The van der Waals surface area contributed by atoms with Crippen LogP contribution in [0.15, 0.2) is 24.3 Å². The molecule has 0 aliphatic heterocycles. The summed E-state index contributed by atoms with van der Waals surface area (Å²) in [4.78, 5) is 0. The summed E-state index contributed by atoms with van der Waals surface area (Å²) in [6.07, 6.45) is -1.30. The molecule has 17 heavy (non-hydrogen) atoms. The second-order valence-electron chi connectivity index (χ2n) is 3.84. The van der Waals surface area contributed by atoms with Gasteiger partial charge < -0.3 is 5.11 Å². The van der Waals surface area contributed by atoms with Crippen LogP contribution in [0.2, 0.25) is 5.02 Å². The SMILES string of the molecule is CCS(=O)(=O)[C@](C)(Cl)[C@@H](O)c1ccc(Cl)cc1. The molecule has 0 fully saturated rings. The van der Waals surface area contributed by atoms with Crippen molar-refractivity contribution in [1.82, 2.24) is 0 Å². The number of alkyl halides is 1. The fraction of sp³-hybridized carbons (Fsp3) is 0.455. The molecule has 0 aliphatic carbocycles. The Morgan fingerprint density at radius 1 is 1.35 bits per heavy atom. The van der Waals surface area contributed by atoms with Crippen LogP contribution in [0.4, 0.5) is 0 Å². The zero-order chi connectivity index (χ0) is 13.3. The molecule has 1 rings (SSSR count). The van der Waals surface area contributed by atoms with E-state index in [-0.39, 0.29) is 5.75 Å². The minimum absolute atomic E-state index is 0.127. The van der Waals surface area contributed by atoms with Crippen molar-refractivity contribution in [3.05, 3.63) is 34.9 Å². The van der Waals surface area contributed by atoms with E-state index in [1.54, 1.807) is 24.3 Å². The van der Waals surface area contributed by atoms with Crippen molar-refractivity contribution in [1.29, 1.82) is 0 Å². The fourth-order valence-electron chi connectivity index (χ4n) is 1.40.